The fourth-order valence-corrected chi connectivity index (χ4v) is 8.45. The minimum absolute atomic E-state index is 0.0477. The third kappa shape index (κ3) is 2.79. The van der Waals surface area contributed by atoms with Crippen LogP contribution in [0.2, 0.25) is 0 Å². The number of ketones is 2. The second-order valence-electron chi connectivity index (χ2n) is 12.9. The molecule has 4 bridgehead atoms. The Balaban J connectivity index is 1.46. The zero-order chi connectivity index (χ0) is 24.0. The summed E-state index contributed by atoms with van der Waals surface area (Å²) in [6.07, 6.45) is 3.98. The SMILES string of the molecule is CC1(C)[C@@H]2CC[C@]1(C)C(=O)[C@@H]2CN(C[C@@H]1C(=O)[C@@]2(C)CC[C@@H]1C2(C)C)C(=O)c1ccccc1. The molecule has 4 aliphatic rings. The molecule has 6 atom stereocenters. The molecule has 0 saturated heterocycles. The van der Waals surface area contributed by atoms with Gasteiger partial charge in [0.15, 0.2) is 0 Å². The summed E-state index contributed by atoms with van der Waals surface area (Å²) in [6.45, 7) is 14.0. The highest BCUT2D eigenvalue weighted by molar-refractivity contribution is 5.97. The second-order valence-corrected chi connectivity index (χ2v) is 12.9. The summed E-state index contributed by atoms with van der Waals surface area (Å²) in [4.78, 5) is 42.8. The average molecular weight is 450 g/mol. The van der Waals surface area contributed by atoms with E-state index in [1.807, 2.05) is 35.2 Å². The predicted octanol–water partition coefficient (Wildman–Crippen LogP) is 5.41. The number of rotatable bonds is 5. The smallest absolute Gasteiger partial charge is 0.253 e. The highest BCUT2D eigenvalue weighted by Gasteiger charge is 2.68. The summed E-state index contributed by atoms with van der Waals surface area (Å²) in [5.41, 5.74) is -0.0649. The Morgan fingerprint density at radius 1 is 0.788 bits per heavy atom. The molecule has 0 unspecified atom stereocenters. The first-order chi connectivity index (χ1) is 15.4. The Kier molecular flexibility index (Phi) is 4.85. The van der Waals surface area contributed by atoms with Gasteiger partial charge in [0.2, 0.25) is 0 Å². The highest BCUT2D eigenvalue weighted by atomic mass is 16.2. The standard InChI is InChI=1S/C29H39NO3/c1-26(2)21-12-14-28(26,5)23(31)19(21)16-30(25(33)18-10-8-7-9-11-18)17-20-22-13-15-29(6,24(20)32)27(22,3)4/h7-11,19-22H,12-17H2,1-6H3/t19-,20+,21-,22+,28-,29-/m1/s1. The molecule has 178 valence electrons. The zero-order valence-electron chi connectivity index (χ0n) is 21.1. The number of amides is 1. The van der Waals surface area contributed by atoms with Crippen molar-refractivity contribution in [2.75, 3.05) is 13.1 Å². The maximum atomic E-state index is 13.7. The van der Waals surface area contributed by atoms with E-state index in [0.717, 1.165) is 25.7 Å². The lowest BCUT2D eigenvalue weighted by Gasteiger charge is -2.34. The van der Waals surface area contributed by atoms with Crippen LogP contribution in [-0.4, -0.2) is 35.5 Å². The molecule has 33 heavy (non-hydrogen) atoms. The summed E-state index contributed by atoms with van der Waals surface area (Å²) in [5.74, 6) is 0.916. The van der Waals surface area contributed by atoms with Gasteiger partial charge in [-0.3, -0.25) is 14.4 Å². The van der Waals surface area contributed by atoms with E-state index < -0.39 is 0 Å². The molecule has 1 aromatic rings. The van der Waals surface area contributed by atoms with Crippen molar-refractivity contribution in [3.63, 3.8) is 0 Å². The number of carbonyl (C=O) groups excluding carboxylic acids is 3. The van der Waals surface area contributed by atoms with E-state index in [1.54, 1.807) is 0 Å². The van der Waals surface area contributed by atoms with Crippen LogP contribution in [0.15, 0.2) is 30.3 Å². The fraction of sp³-hybridized carbons (Fsp3) is 0.690. The molecule has 4 saturated carbocycles. The van der Waals surface area contributed by atoms with Crippen molar-refractivity contribution in [1.82, 2.24) is 4.90 Å². The number of hydrogen-bond donors (Lipinski definition) is 0. The van der Waals surface area contributed by atoms with Gasteiger partial charge in [-0.1, -0.05) is 59.7 Å². The van der Waals surface area contributed by atoms with Crippen molar-refractivity contribution in [3.05, 3.63) is 35.9 Å². The molecule has 1 aromatic carbocycles. The van der Waals surface area contributed by atoms with E-state index in [1.165, 1.54) is 0 Å². The lowest BCUT2D eigenvalue weighted by Crippen LogP contribution is -2.46. The topological polar surface area (TPSA) is 54.5 Å². The van der Waals surface area contributed by atoms with Crippen LogP contribution in [-0.2, 0) is 9.59 Å². The van der Waals surface area contributed by atoms with E-state index in [2.05, 4.69) is 41.5 Å². The lowest BCUT2D eigenvalue weighted by atomic mass is 9.70. The number of benzene rings is 1. The van der Waals surface area contributed by atoms with Gasteiger partial charge in [0.05, 0.1) is 0 Å². The number of Topliss-reactive ketones (excluding diaryl/α,β-unsaturated/α-hetero) is 2. The van der Waals surface area contributed by atoms with E-state index in [4.69, 9.17) is 0 Å². The molecule has 0 spiro atoms. The van der Waals surface area contributed by atoms with Gasteiger partial charge in [-0.2, -0.15) is 0 Å². The molecular formula is C29H39NO3. The van der Waals surface area contributed by atoms with E-state index in [0.29, 0.717) is 42.1 Å². The lowest BCUT2D eigenvalue weighted by molar-refractivity contribution is -0.132. The third-order valence-electron chi connectivity index (χ3n) is 11.5. The maximum absolute atomic E-state index is 13.7. The van der Waals surface area contributed by atoms with Crippen molar-refractivity contribution >= 4 is 17.5 Å². The molecule has 4 aliphatic carbocycles. The van der Waals surface area contributed by atoms with Crippen molar-refractivity contribution < 1.29 is 14.4 Å². The van der Waals surface area contributed by atoms with Crippen LogP contribution in [0.1, 0.15) is 77.6 Å². The minimum atomic E-state index is -0.304. The Morgan fingerprint density at radius 3 is 1.58 bits per heavy atom. The molecule has 0 heterocycles. The zero-order valence-corrected chi connectivity index (χ0v) is 21.1. The van der Waals surface area contributed by atoms with Gasteiger partial charge < -0.3 is 4.90 Å². The molecule has 4 heteroatoms. The maximum Gasteiger partial charge on any atom is 0.253 e. The summed E-state index contributed by atoms with van der Waals surface area (Å²) in [6, 6.07) is 9.36. The first kappa shape index (κ1) is 22.8. The summed E-state index contributed by atoms with van der Waals surface area (Å²) >= 11 is 0. The van der Waals surface area contributed by atoms with Crippen LogP contribution in [0.3, 0.4) is 0 Å². The first-order valence-corrected chi connectivity index (χ1v) is 12.8. The van der Waals surface area contributed by atoms with Crippen LogP contribution < -0.4 is 0 Å². The molecule has 0 N–H and O–H groups in total. The Hall–Kier alpha value is -1.97. The van der Waals surface area contributed by atoms with E-state index in [9.17, 15) is 14.4 Å². The molecule has 0 aliphatic heterocycles. The first-order valence-electron chi connectivity index (χ1n) is 12.8. The molecule has 0 radical (unpaired) electrons. The molecule has 1 amide bonds. The average Bonchev–Trinajstić information content (AvgIpc) is 3.26. The van der Waals surface area contributed by atoms with Crippen molar-refractivity contribution in [2.45, 2.75) is 67.2 Å². The summed E-state index contributed by atoms with van der Waals surface area (Å²) < 4.78 is 0. The van der Waals surface area contributed by atoms with Gasteiger partial charge in [-0.15, -0.1) is 0 Å². The third-order valence-corrected chi connectivity index (χ3v) is 11.5. The predicted molar refractivity (Wildman–Crippen MR) is 129 cm³/mol. The summed E-state index contributed by atoms with van der Waals surface area (Å²) in [7, 11) is 0. The largest absolute Gasteiger partial charge is 0.337 e. The quantitative estimate of drug-likeness (QED) is 0.604. The number of nitrogens with zero attached hydrogens (tertiary/aromatic N) is 1. The van der Waals surface area contributed by atoms with Crippen LogP contribution in [0.4, 0.5) is 0 Å². The van der Waals surface area contributed by atoms with E-state index in [-0.39, 0.29) is 39.4 Å². The second kappa shape index (κ2) is 7.02. The van der Waals surface area contributed by atoms with Gasteiger partial charge in [0, 0.05) is 41.3 Å². The van der Waals surface area contributed by atoms with Gasteiger partial charge in [0.1, 0.15) is 11.6 Å². The fourth-order valence-electron chi connectivity index (χ4n) is 8.45. The molecule has 4 nitrogen and oxygen atoms in total. The van der Waals surface area contributed by atoms with Gasteiger partial charge in [-0.25, -0.2) is 0 Å². The molecule has 0 aromatic heterocycles. The van der Waals surface area contributed by atoms with Crippen molar-refractivity contribution in [2.24, 2.45) is 45.3 Å². The summed E-state index contributed by atoms with van der Waals surface area (Å²) in [5, 5.41) is 0. The monoisotopic (exact) mass is 449 g/mol. The number of carbonyl (C=O) groups is 3. The normalized spacial score (nSPS) is 39.9. The Labute approximate surface area is 198 Å². The van der Waals surface area contributed by atoms with Crippen molar-refractivity contribution in [1.29, 1.82) is 0 Å². The number of fused-ring (bicyclic) bond motifs is 4. The highest BCUT2D eigenvalue weighted by Crippen LogP contribution is 2.67. The van der Waals surface area contributed by atoms with Crippen LogP contribution in [0.25, 0.3) is 0 Å². The number of hydrogen-bond acceptors (Lipinski definition) is 3. The molecule has 5 rings (SSSR count). The molecule has 4 fully saturated rings. The van der Waals surface area contributed by atoms with Gasteiger partial charge in [0.25, 0.3) is 5.91 Å². The van der Waals surface area contributed by atoms with Crippen LogP contribution in [0, 0.1) is 45.3 Å². The Morgan fingerprint density at radius 2 is 1.21 bits per heavy atom. The van der Waals surface area contributed by atoms with Crippen LogP contribution in [0.5, 0.6) is 0 Å². The van der Waals surface area contributed by atoms with Crippen molar-refractivity contribution in [3.8, 4) is 0 Å². The van der Waals surface area contributed by atoms with Gasteiger partial charge >= 0.3 is 0 Å². The van der Waals surface area contributed by atoms with Crippen LogP contribution >= 0.6 is 0 Å². The molecular weight excluding hydrogens is 410 g/mol. The van der Waals surface area contributed by atoms with Gasteiger partial charge in [-0.05, 0) is 60.5 Å². The van der Waals surface area contributed by atoms with E-state index >= 15 is 0 Å². The minimum Gasteiger partial charge on any atom is -0.337 e. The Bertz CT molecular complexity index is 955.